The average Bonchev–Trinajstić information content (AvgIpc) is 2.36. The van der Waals surface area contributed by atoms with Crippen molar-refractivity contribution < 1.29 is 9.53 Å². The lowest BCUT2D eigenvalue weighted by atomic mass is 9.72. The van der Waals surface area contributed by atoms with Crippen molar-refractivity contribution in [3.8, 4) is 0 Å². The van der Waals surface area contributed by atoms with Gasteiger partial charge in [-0.1, -0.05) is 31.5 Å². The first-order chi connectivity index (χ1) is 9.27. The molecule has 0 aromatic heterocycles. The molecule has 4 nitrogen and oxygen atoms in total. The maximum Gasteiger partial charge on any atom is 0.235 e. The van der Waals surface area contributed by atoms with Gasteiger partial charge in [-0.2, -0.15) is 0 Å². The van der Waals surface area contributed by atoms with Gasteiger partial charge in [0.2, 0.25) is 5.91 Å². The Morgan fingerprint density at radius 2 is 1.90 bits per heavy atom. The van der Waals surface area contributed by atoms with Crippen molar-refractivity contribution in [1.29, 1.82) is 0 Å². The molecule has 0 bridgehead atoms. The fourth-order valence-electron chi connectivity index (χ4n) is 3.63. The van der Waals surface area contributed by atoms with E-state index in [2.05, 4.69) is 0 Å². The lowest BCUT2D eigenvalue weighted by Crippen LogP contribution is -2.59. The Labute approximate surface area is 127 Å². The van der Waals surface area contributed by atoms with Gasteiger partial charge in [-0.15, -0.1) is 0 Å². The highest BCUT2D eigenvalue weighted by molar-refractivity contribution is 7.80. The standard InChI is InChI=1S/C15H26N2O2S/c1-11-9-17(10-14(2,3)19-11)13(18)15(12(16)20)7-5-4-6-8-15/h11H,4-10H2,1-3H3,(H2,16,20). The smallest absolute Gasteiger partial charge is 0.235 e. The lowest BCUT2D eigenvalue weighted by molar-refractivity contribution is -0.165. The van der Waals surface area contributed by atoms with Gasteiger partial charge < -0.3 is 15.4 Å². The molecule has 2 aliphatic rings. The van der Waals surface area contributed by atoms with Crippen LogP contribution in [0.3, 0.4) is 0 Å². The molecule has 1 amide bonds. The highest BCUT2D eigenvalue weighted by Crippen LogP contribution is 2.39. The zero-order valence-electron chi connectivity index (χ0n) is 12.8. The second kappa shape index (κ2) is 5.60. The number of carbonyl (C=O) groups excluding carboxylic acids is 1. The Balaban J connectivity index is 2.21. The molecule has 1 atom stereocenters. The van der Waals surface area contributed by atoms with E-state index >= 15 is 0 Å². The van der Waals surface area contributed by atoms with Crippen molar-refractivity contribution in [2.24, 2.45) is 11.1 Å². The number of rotatable bonds is 2. The van der Waals surface area contributed by atoms with E-state index in [1.165, 1.54) is 6.42 Å². The zero-order valence-corrected chi connectivity index (χ0v) is 13.6. The number of nitrogens with zero attached hydrogens (tertiary/aromatic N) is 1. The highest BCUT2D eigenvalue weighted by atomic mass is 32.1. The lowest BCUT2D eigenvalue weighted by Gasteiger charge is -2.46. The van der Waals surface area contributed by atoms with E-state index < -0.39 is 5.41 Å². The molecule has 1 heterocycles. The van der Waals surface area contributed by atoms with E-state index in [9.17, 15) is 4.79 Å². The van der Waals surface area contributed by atoms with Crippen LogP contribution in [-0.2, 0) is 9.53 Å². The fraction of sp³-hybridized carbons (Fsp3) is 0.867. The van der Waals surface area contributed by atoms with Crippen LogP contribution >= 0.6 is 12.2 Å². The molecule has 2 rings (SSSR count). The summed E-state index contributed by atoms with van der Waals surface area (Å²) in [7, 11) is 0. The minimum atomic E-state index is -0.610. The van der Waals surface area contributed by atoms with Crippen LogP contribution in [0.4, 0.5) is 0 Å². The van der Waals surface area contributed by atoms with Crippen LogP contribution in [0.1, 0.15) is 52.9 Å². The molecular formula is C15H26N2O2S. The molecular weight excluding hydrogens is 272 g/mol. The van der Waals surface area contributed by atoms with Gasteiger partial charge in [0.25, 0.3) is 0 Å². The molecule has 0 aromatic carbocycles. The van der Waals surface area contributed by atoms with Crippen LogP contribution in [0.25, 0.3) is 0 Å². The molecule has 1 aliphatic heterocycles. The van der Waals surface area contributed by atoms with E-state index in [1.807, 2.05) is 25.7 Å². The molecule has 1 unspecified atom stereocenters. The van der Waals surface area contributed by atoms with Crippen molar-refractivity contribution in [3.05, 3.63) is 0 Å². The number of thiocarbonyl (C=S) groups is 1. The minimum Gasteiger partial charge on any atom is -0.392 e. The van der Waals surface area contributed by atoms with Crippen molar-refractivity contribution in [3.63, 3.8) is 0 Å². The van der Waals surface area contributed by atoms with Gasteiger partial charge in [0.1, 0.15) is 0 Å². The summed E-state index contributed by atoms with van der Waals surface area (Å²) in [4.78, 5) is 15.3. The predicted octanol–water partition coefficient (Wildman–Crippen LogP) is 2.25. The Morgan fingerprint density at radius 1 is 1.30 bits per heavy atom. The SMILES string of the molecule is CC1CN(C(=O)C2(C(N)=S)CCCCC2)CC(C)(C)O1. The molecule has 0 spiro atoms. The number of hydrogen-bond acceptors (Lipinski definition) is 3. The van der Waals surface area contributed by atoms with Crippen LogP contribution in [0.2, 0.25) is 0 Å². The number of nitrogens with two attached hydrogens (primary N) is 1. The van der Waals surface area contributed by atoms with Gasteiger partial charge in [0.15, 0.2) is 0 Å². The molecule has 0 radical (unpaired) electrons. The maximum atomic E-state index is 13.1. The molecule has 5 heteroatoms. The quantitative estimate of drug-likeness (QED) is 0.795. The molecule has 1 saturated carbocycles. The topological polar surface area (TPSA) is 55.6 Å². The summed E-state index contributed by atoms with van der Waals surface area (Å²) in [6.07, 6.45) is 4.89. The van der Waals surface area contributed by atoms with Gasteiger partial charge in [0, 0.05) is 13.1 Å². The van der Waals surface area contributed by atoms with Crippen molar-refractivity contribution in [1.82, 2.24) is 4.90 Å². The number of carbonyl (C=O) groups is 1. The van der Waals surface area contributed by atoms with E-state index in [4.69, 9.17) is 22.7 Å². The van der Waals surface area contributed by atoms with Gasteiger partial charge in [-0.05, 0) is 33.6 Å². The third-order valence-corrected chi connectivity index (χ3v) is 4.84. The van der Waals surface area contributed by atoms with Crippen LogP contribution < -0.4 is 5.73 Å². The number of hydrogen-bond donors (Lipinski definition) is 1. The van der Waals surface area contributed by atoms with E-state index in [-0.39, 0.29) is 17.6 Å². The second-order valence-corrected chi connectivity index (χ2v) is 7.32. The molecule has 0 aromatic rings. The number of amides is 1. The summed E-state index contributed by atoms with van der Waals surface area (Å²) < 4.78 is 5.88. The normalized spacial score (nSPS) is 28.9. The first-order valence-electron chi connectivity index (χ1n) is 7.54. The third-order valence-electron chi connectivity index (χ3n) is 4.44. The molecule has 2 N–H and O–H groups in total. The van der Waals surface area contributed by atoms with Gasteiger partial charge in [0.05, 0.1) is 22.1 Å². The van der Waals surface area contributed by atoms with Gasteiger partial charge in [-0.3, -0.25) is 4.79 Å². The summed E-state index contributed by atoms with van der Waals surface area (Å²) in [5.74, 6) is 0.118. The van der Waals surface area contributed by atoms with Gasteiger partial charge >= 0.3 is 0 Å². The Bertz CT molecular complexity index is 403. The highest BCUT2D eigenvalue weighted by Gasteiger charge is 2.47. The summed E-state index contributed by atoms with van der Waals surface area (Å²) >= 11 is 5.26. The summed E-state index contributed by atoms with van der Waals surface area (Å²) in [5.41, 5.74) is 5.05. The first-order valence-corrected chi connectivity index (χ1v) is 7.95. The first kappa shape index (κ1) is 15.7. The van der Waals surface area contributed by atoms with Gasteiger partial charge in [-0.25, -0.2) is 0 Å². The molecule has 1 saturated heterocycles. The second-order valence-electron chi connectivity index (χ2n) is 6.88. The van der Waals surface area contributed by atoms with Crippen LogP contribution in [0.15, 0.2) is 0 Å². The predicted molar refractivity (Wildman–Crippen MR) is 83.5 cm³/mol. The average molecular weight is 298 g/mol. The Morgan fingerprint density at radius 3 is 2.40 bits per heavy atom. The van der Waals surface area contributed by atoms with Crippen molar-refractivity contribution >= 4 is 23.1 Å². The third kappa shape index (κ3) is 2.98. The zero-order chi connectivity index (χ0) is 15.0. The van der Waals surface area contributed by atoms with Crippen LogP contribution in [-0.4, -0.2) is 40.6 Å². The summed E-state index contributed by atoms with van der Waals surface area (Å²) in [5, 5.41) is 0. The number of morpholine rings is 1. The van der Waals surface area contributed by atoms with Crippen LogP contribution in [0, 0.1) is 5.41 Å². The summed E-state index contributed by atoms with van der Waals surface area (Å²) in [6.45, 7) is 7.30. The Kier molecular flexibility index (Phi) is 4.40. The van der Waals surface area contributed by atoms with Crippen LogP contribution in [0.5, 0.6) is 0 Å². The largest absolute Gasteiger partial charge is 0.392 e. The Hall–Kier alpha value is -0.680. The van der Waals surface area contributed by atoms with Crippen molar-refractivity contribution in [2.45, 2.75) is 64.6 Å². The molecule has 114 valence electrons. The molecule has 1 aliphatic carbocycles. The maximum absolute atomic E-state index is 13.1. The molecule has 2 fully saturated rings. The van der Waals surface area contributed by atoms with E-state index in [0.29, 0.717) is 18.1 Å². The minimum absolute atomic E-state index is 0.0506. The van der Waals surface area contributed by atoms with E-state index in [0.717, 1.165) is 25.7 Å². The molecule has 20 heavy (non-hydrogen) atoms. The monoisotopic (exact) mass is 298 g/mol. The van der Waals surface area contributed by atoms with Crippen molar-refractivity contribution in [2.75, 3.05) is 13.1 Å². The summed E-state index contributed by atoms with van der Waals surface area (Å²) in [6, 6.07) is 0. The number of ether oxygens (including phenoxy) is 1. The van der Waals surface area contributed by atoms with E-state index in [1.54, 1.807) is 0 Å². The fourth-order valence-corrected chi connectivity index (χ4v) is 3.92.